The summed E-state index contributed by atoms with van der Waals surface area (Å²) in [6.07, 6.45) is 9.09. The molecular weight excluding hydrogens is 314 g/mol. The van der Waals surface area contributed by atoms with Crippen LogP contribution in [0.5, 0.6) is 11.5 Å². The highest BCUT2D eigenvalue weighted by molar-refractivity contribution is 5.43. The Labute approximate surface area is 149 Å². The largest absolute Gasteiger partial charge is 0.486 e. The van der Waals surface area contributed by atoms with Crippen LogP contribution in [0.3, 0.4) is 0 Å². The highest BCUT2D eigenvalue weighted by Crippen LogP contribution is 2.32. The Morgan fingerprint density at radius 1 is 1.16 bits per heavy atom. The van der Waals surface area contributed by atoms with Gasteiger partial charge in [-0.15, -0.1) is 0 Å². The van der Waals surface area contributed by atoms with Crippen LogP contribution >= 0.6 is 0 Å². The van der Waals surface area contributed by atoms with Crippen LogP contribution < -0.4 is 9.47 Å². The summed E-state index contributed by atoms with van der Waals surface area (Å²) in [7, 11) is 0. The van der Waals surface area contributed by atoms with Gasteiger partial charge in [0.2, 0.25) is 0 Å². The molecule has 1 aromatic carbocycles. The van der Waals surface area contributed by atoms with E-state index >= 15 is 0 Å². The van der Waals surface area contributed by atoms with E-state index in [0.29, 0.717) is 19.3 Å². The molecule has 1 saturated heterocycles. The molecular formula is C20H27N3O2. The van der Waals surface area contributed by atoms with Crippen molar-refractivity contribution in [2.24, 2.45) is 0 Å². The van der Waals surface area contributed by atoms with Crippen LogP contribution in [-0.4, -0.2) is 40.3 Å². The van der Waals surface area contributed by atoms with Crippen LogP contribution in [0.15, 0.2) is 30.6 Å². The molecule has 2 aliphatic heterocycles. The Hall–Kier alpha value is -2.01. The number of rotatable bonds is 5. The summed E-state index contributed by atoms with van der Waals surface area (Å²) in [5, 5.41) is 0. The molecule has 0 N–H and O–H groups in total. The number of benzene rings is 1. The van der Waals surface area contributed by atoms with Crippen molar-refractivity contribution in [3.05, 3.63) is 42.0 Å². The molecule has 0 spiro atoms. The lowest BCUT2D eigenvalue weighted by Gasteiger charge is -2.36. The SMILES string of the molecule is Cc1nccn1CC[C@H]1CCCCN1Cc1ccc2c(c1)OCCO2. The first-order chi connectivity index (χ1) is 12.3. The maximum absolute atomic E-state index is 5.74. The number of aryl methyl sites for hydroxylation is 2. The average molecular weight is 341 g/mol. The summed E-state index contributed by atoms with van der Waals surface area (Å²) in [5.41, 5.74) is 1.31. The fraction of sp³-hybridized carbons (Fsp3) is 0.550. The molecule has 1 aromatic heterocycles. The number of aromatic nitrogens is 2. The van der Waals surface area contributed by atoms with Crippen LogP contribution in [0.25, 0.3) is 0 Å². The molecule has 2 aliphatic rings. The minimum absolute atomic E-state index is 0.642. The summed E-state index contributed by atoms with van der Waals surface area (Å²) in [5.74, 6) is 2.88. The van der Waals surface area contributed by atoms with Gasteiger partial charge in [0.1, 0.15) is 19.0 Å². The number of nitrogens with zero attached hydrogens (tertiary/aromatic N) is 3. The first-order valence-corrected chi connectivity index (χ1v) is 9.40. The molecule has 5 nitrogen and oxygen atoms in total. The molecule has 0 saturated carbocycles. The zero-order chi connectivity index (χ0) is 17.1. The van der Waals surface area contributed by atoms with Crippen molar-refractivity contribution < 1.29 is 9.47 Å². The fourth-order valence-corrected chi connectivity index (χ4v) is 3.94. The summed E-state index contributed by atoms with van der Waals surface area (Å²) in [4.78, 5) is 6.97. The van der Waals surface area contributed by atoms with Gasteiger partial charge in [-0.25, -0.2) is 4.98 Å². The Morgan fingerprint density at radius 3 is 2.88 bits per heavy atom. The van der Waals surface area contributed by atoms with Crippen molar-refractivity contribution in [3.8, 4) is 11.5 Å². The van der Waals surface area contributed by atoms with Gasteiger partial charge in [-0.3, -0.25) is 4.90 Å². The van der Waals surface area contributed by atoms with E-state index < -0.39 is 0 Å². The van der Waals surface area contributed by atoms with E-state index in [0.717, 1.165) is 30.4 Å². The quantitative estimate of drug-likeness (QED) is 0.835. The van der Waals surface area contributed by atoms with E-state index in [9.17, 15) is 0 Å². The molecule has 5 heteroatoms. The lowest BCUT2D eigenvalue weighted by atomic mass is 9.98. The van der Waals surface area contributed by atoms with Gasteiger partial charge in [0.25, 0.3) is 0 Å². The Balaban J connectivity index is 1.41. The van der Waals surface area contributed by atoms with E-state index in [-0.39, 0.29) is 0 Å². The smallest absolute Gasteiger partial charge is 0.161 e. The van der Waals surface area contributed by atoms with Crippen LogP contribution in [0.1, 0.15) is 37.1 Å². The van der Waals surface area contributed by atoms with Gasteiger partial charge in [0, 0.05) is 31.5 Å². The van der Waals surface area contributed by atoms with Crippen molar-refractivity contribution in [2.45, 2.75) is 51.7 Å². The second kappa shape index (κ2) is 7.48. The molecule has 0 radical (unpaired) electrons. The molecule has 25 heavy (non-hydrogen) atoms. The highest BCUT2D eigenvalue weighted by Gasteiger charge is 2.23. The van der Waals surface area contributed by atoms with Crippen LogP contribution in [0.4, 0.5) is 0 Å². The lowest BCUT2D eigenvalue weighted by molar-refractivity contribution is 0.127. The zero-order valence-electron chi connectivity index (χ0n) is 15.0. The highest BCUT2D eigenvalue weighted by atomic mass is 16.6. The predicted molar refractivity (Wildman–Crippen MR) is 97.1 cm³/mol. The summed E-state index contributed by atoms with van der Waals surface area (Å²) >= 11 is 0. The molecule has 134 valence electrons. The van der Waals surface area contributed by atoms with Crippen LogP contribution in [0, 0.1) is 6.92 Å². The van der Waals surface area contributed by atoms with Gasteiger partial charge in [0.15, 0.2) is 11.5 Å². The number of hydrogen-bond acceptors (Lipinski definition) is 4. The maximum Gasteiger partial charge on any atom is 0.161 e. The molecule has 0 bridgehead atoms. The molecule has 3 heterocycles. The van der Waals surface area contributed by atoms with Gasteiger partial charge in [0.05, 0.1) is 0 Å². The van der Waals surface area contributed by atoms with Gasteiger partial charge in [-0.05, 0) is 50.4 Å². The predicted octanol–water partition coefficient (Wildman–Crippen LogP) is 3.41. The molecule has 1 atom stereocenters. The number of hydrogen-bond donors (Lipinski definition) is 0. The fourth-order valence-electron chi connectivity index (χ4n) is 3.94. The summed E-state index contributed by atoms with van der Waals surface area (Å²) < 4.78 is 13.6. The van der Waals surface area contributed by atoms with E-state index in [1.807, 2.05) is 6.20 Å². The summed E-state index contributed by atoms with van der Waals surface area (Å²) in [6, 6.07) is 7.03. The standard InChI is InChI=1S/C20H27N3O2/c1-16-21-8-11-22(16)10-7-18-4-2-3-9-23(18)15-17-5-6-19-20(14-17)25-13-12-24-19/h5-6,8,11,14,18H,2-4,7,9-10,12-13,15H2,1H3/t18-/m1/s1. The van der Waals surface area contributed by atoms with E-state index in [1.54, 1.807) is 0 Å². The molecule has 1 fully saturated rings. The Morgan fingerprint density at radius 2 is 2.04 bits per heavy atom. The zero-order valence-corrected chi connectivity index (χ0v) is 15.0. The number of piperidine rings is 1. The van der Waals surface area contributed by atoms with E-state index in [4.69, 9.17) is 9.47 Å². The monoisotopic (exact) mass is 341 g/mol. The first kappa shape index (κ1) is 16.5. The number of ether oxygens (including phenoxy) is 2. The van der Waals surface area contributed by atoms with Crippen molar-refractivity contribution >= 4 is 0 Å². The minimum Gasteiger partial charge on any atom is -0.486 e. The molecule has 2 aromatic rings. The third kappa shape index (κ3) is 3.82. The van der Waals surface area contributed by atoms with E-state index in [2.05, 4.69) is 45.8 Å². The average Bonchev–Trinajstić information content (AvgIpc) is 3.06. The molecule has 0 amide bonds. The summed E-state index contributed by atoms with van der Waals surface area (Å²) in [6.45, 7) is 6.59. The van der Waals surface area contributed by atoms with Crippen molar-refractivity contribution in [3.63, 3.8) is 0 Å². The van der Waals surface area contributed by atoms with E-state index in [1.165, 1.54) is 37.8 Å². The van der Waals surface area contributed by atoms with Crippen LogP contribution in [0.2, 0.25) is 0 Å². The van der Waals surface area contributed by atoms with Crippen LogP contribution in [-0.2, 0) is 13.1 Å². The third-order valence-corrected chi connectivity index (χ3v) is 5.37. The second-order valence-electron chi connectivity index (χ2n) is 7.05. The van der Waals surface area contributed by atoms with Crippen molar-refractivity contribution in [1.29, 1.82) is 0 Å². The topological polar surface area (TPSA) is 39.5 Å². The van der Waals surface area contributed by atoms with Gasteiger partial charge < -0.3 is 14.0 Å². The maximum atomic E-state index is 5.74. The van der Waals surface area contributed by atoms with Crippen molar-refractivity contribution in [2.75, 3.05) is 19.8 Å². The van der Waals surface area contributed by atoms with Crippen molar-refractivity contribution in [1.82, 2.24) is 14.5 Å². The van der Waals surface area contributed by atoms with Gasteiger partial charge in [-0.2, -0.15) is 0 Å². The Kier molecular flexibility index (Phi) is 4.92. The molecule has 4 rings (SSSR count). The number of imidazole rings is 1. The minimum atomic E-state index is 0.642. The van der Waals surface area contributed by atoms with Gasteiger partial charge >= 0.3 is 0 Å². The lowest BCUT2D eigenvalue weighted by Crippen LogP contribution is -2.39. The molecule has 0 aliphatic carbocycles. The normalized spacial score (nSPS) is 20.6. The number of likely N-dealkylation sites (tertiary alicyclic amines) is 1. The second-order valence-corrected chi connectivity index (χ2v) is 7.05. The first-order valence-electron chi connectivity index (χ1n) is 9.40. The Bertz CT molecular complexity index is 713. The number of fused-ring (bicyclic) bond motifs is 1. The van der Waals surface area contributed by atoms with Gasteiger partial charge in [-0.1, -0.05) is 12.5 Å². The molecule has 0 unspecified atom stereocenters. The third-order valence-electron chi connectivity index (χ3n) is 5.37.